The van der Waals surface area contributed by atoms with Crippen LogP contribution >= 0.6 is 0 Å². The van der Waals surface area contributed by atoms with Gasteiger partial charge in [-0.2, -0.15) is 5.26 Å². The van der Waals surface area contributed by atoms with Gasteiger partial charge in [0.05, 0.1) is 11.3 Å². The van der Waals surface area contributed by atoms with Crippen LogP contribution in [0.15, 0.2) is 30.6 Å². The Hall–Kier alpha value is -2.61. The summed E-state index contributed by atoms with van der Waals surface area (Å²) in [6.45, 7) is 4.21. The van der Waals surface area contributed by atoms with Crippen LogP contribution in [-0.4, -0.2) is 24.1 Å². The summed E-state index contributed by atoms with van der Waals surface area (Å²) in [5.41, 5.74) is 2.50. The average molecular weight is 281 g/mol. The molecule has 1 N–H and O–H groups in total. The summed E-state index contributed by atoms with van der Waals surface area (Å²) in [7, 11) is 3.77. The molecule has 0 aliphatic rings. The summed E-state index contributed by atoms with van der Waals surface area (Å²) in [5.74, 6) is 1.89. The monoisotopic (exact) mass is 281 g/mol. The molecule has 0 radical (unpaired) electrons. The fourth-order valence-electron chi connectivity index (χ4n) is 2.36. The molecule has 0 fully saturated rings. The van der Waals surface area contributed by atoms with Crippen molar-refractivity contribution < 1.29 is 0 Å². The zero-order valence-corrected chi connectivity index (χ0v) is 12.8. The number of nitrogens with zero attached hydrogens (tertiary/aromatic N) is 4. The van der Waals surface area contributed by atoms with Crippen molar-refractivity contribution in [2.45, 2.75) is 19.8 Å². The number of hydrogen-bond donors (Lipinski definition) is 1. The summed E-state index contributed by atoms with van der Waals surface area (Å²) >= 11 is 0. The van der Waals surface area contributed by atoms with Crippen LogP contribution < -0.4 is 10.2 Å². The highest BCUT2D eigenvalue weighted by molar-refractivity contribution is 5.71. The summed E-state index contributed by atoms with van der Waals surface area (Å²) < 4.78 is 0. The lowest BCUT2D eigenvalue weighted by Crippen LogP contribution is -2.17. The fourth-order valence-corrected chi connectivity index (χ4v) is 2.36. The first-order chi connectivity index (χ1) is 10.1. The van der Waals surface area contributed by atoms with E-state index in [4.69, 9.17) is 0 Å². The second kappa shape index (κ2) is 6.23. The molecule has 0 aliphatic carbocycles. The SMILES string of the molecule is CNc1ncnc(N(C)c2ccccc2C#N)c1C(C)C. The standard InChI is InChI=1S/C16H19N5/c1-11(2)14-15(18-3)19-10-20-16(14)21(4)13-8-6-5-7-12(13)9-17/h5-8,10-11H,1-4H3,(H,18,19,20). The molecule has 1 aromatic carbocycles. The van der Waals surface area contributed by atoms with Gasteiger partial charge in [-0.1, -0.05) is 26.0 Å². The van der Waals surface area contributed by atoms with Gasteiger partial charge >= 0.3 is 0 Å². The summed E-state index contributed by atoms with van der Waals surface area (Å²) in [5, 5.41) is 12.4. The summed E-state index contributed by atoms with van der Waals surface area (Å²) in [6, 6.07) is 9.73. The Labute approximate surface area is 125 Å². The lowest BCUT2D eigenvalue weighted by Gasteiger charge is -2.24. The number of aromatic nitrogens is 2. The maximum Gasteiger partial charge on any atom is 0.141 e. The van der Waals surface area contributed by atoms with E-state index >= 15 is 0 Å². The number of anilines is 3. The number of nitrogens with one attached hydrogen (secondary N) is 1. The number of hydrogen-bond acceptors (Lipinski definition) is 5. The van der Waals surface area contributed by atoms with Crippen LogP contribution in [0.5, 0.6) is 0 Å². The molecule has 21 heavy (non-hydrogen) atoms. The molecule has 2 aromatic rings. The highest BCUT2D eigenvalue weighted by atomic mass is 15.2. The van der Waals surface area contributed by atoms with E-state index in [2.05, 4.69) is 35.2 Å². The van der Waals surface area contributed by atoms with Crippen LogP contribution in [0.4, 0.5) is 17.3 Å². The van der Waals surface area contributed by atoms with Crippen LogP contribution in [-0.2, 0) is 0 Å². The highest BCUT2D eigenvalue weighted by Crippen LogP contribution is 2.34. The van der Waals surface area contributed by atoms with Crippen molar-refractivity contribution in [1.82, 2.24) is 9.97 Å². The minimum absolute atomic E-state index is 0.264. The minimum Gasteiger partial charge on any atom is -0.373 e. The molecule has 1 heterocycles. The lowest BCUT2D eigenvalue weighted by molar-refractivity contribution is 0.841. The van der Waals surface area contributed by atoms with Crippen molar-refractivity contribution in [2.75, 3.05) is 24.3 Å². The van der Waals surface area contributed by atoms with Gasteiger partial charge in [-0.3, -0.25) is 0 Å². The quantitative estimate of drug-likeness (QED) is 0.931. The van der Waals surface area contributed by atoms with E-state index in [1.807, 2.05) is 37.2 Å². The molecular weight excluding hydrogens is 262 g/mol. The average Bonchev–Trinajstić information content (AvgIpc) is 2.53. The van der Waals surface area contributed by atoms with E-state index in [9.17, 15) is 5.26 Å². The predicted molar refractivity (Wildman–Crippen MR) is 84.9 cm³/mol. The first-order valence-electron chi connectivity index (χ1n) is 6.85. The number of benzene rings is 1. The molecule has 0 saturated carbocycles. The van der Waals surface area contributed by atoms with Gasteiger partial charge in [0.25, 0.3) is 0 Å². The Morgan fingerprint density at radius 3 is 2.57 bits per heavy atom. The molecule has 5 heteroatoms. The fraction of sp³-hybridized carbons (Fsp3) is 0.312. The van der Waals surface area contributed by atoms with E-state index < -0.39 is 0 Å². The molecule has 0 bridgehead atoms. The van der Waals surface area contributed by atoms with E-state index in [-0.39, 0.29) is 5.92 Å². The van der Waals surface area contributed by atoms with Crippen molar-refractivity contribution in [3.05, 3.63) is 41.7 Å². The first-order valence-corrected chi connectivity index (χ1v) is 6.85. The molecule has 0 spiro atoms. The maximum absolute atomic E-state index is 9.27. The van der Waals surface area contributed by atoms with Crippen LogP contribution in [0.2, 0.25) is 0 Å². The third kappa shape index (κ3) is 2.79. The maximum atomic E-state index is 9.27. The van der Waals surface area contributed by atoms with Crippen LogP contribution in [0, 0.1) is 11.3 Å². The summed E-state index contributed by atoms with van der Waals surface area (Å²) in [6.07, 6.45) is 1.54. The molecule has 5 nitrogen and oxygen atoms in total. The Balaban J connectivity index is 2.59. The van der Waals surface area contributed by atoms with Gasteiger partial charge in [0.1, 0.15) is 24.0 Å². The molecule has 0 amide bonds. The number of rotatable bonds is 4. The molecule has 0 saturated heterocycles. The lowest BCUT2D eigenvalue weighted by atomic mass is 10.0. The second-order valence-corrected chi connectivity index (χ2v) is 5.05. The molecule has 0 aliphatic heterocycles. The topological polar surface area (TPSA) is 64.8 Å². The van der Waals surface area contributed by atoms with Gasteiger partial charge in [0.2, 0.25) is 0 Å². The summed E-state index contributed by atoms with van der Waals surface area (Å²) in [4.78, 5) is 10.7. The Morgan fingerprint density at radius 1 is 1.24 bits per heavy atom. The zero-order valence-electron chi connectivity index (χ0n) is 12.8. The third-order valence-corrected chi connectivity index (χ3v) is 3.38. The smallest absolute Gasteiger partial charge is 0.141 e. The molecule has 0 unspecified atom stereocenters. The third-order valence-electron chi connectivity index (χ3n) is 3.38. The van der Waals surface area contributed by atoms with Crippen molar-refractivity contribution in [1.29, 1.82) is 5.26 Å². The molecular formula is C16H19N5. The van der Waals surface area contributed by atoms with Gasteiger partial charge in [-0.25, -0.2) is 9.97 Å². The van der Waals surface area contributed by atoms with Gasteiger partial charge < -0.3 is 10.2 Å². The Morgan fingerprint density at radius 2 is 1.95 bits per heavy atom. The normalized spacial score (nSPS) is 10.3. The van der Waals surface area contributed by atoms with Crippen molar-refractivity contribution in [3.8, 4) is 6.07 Å². The van der Waals surface area contributed by atoms with Gasteiger partial charge in [0, 0.05) is 19.7 Å². The largest absolute Gasteiger partial charge is 0.373 e. The van der Waals surface area contributed by atoms with Crippen LogP contribution in [0.3, 0.4) is 0 Å². The zero-order chi connectivity index (χ0) is 15.4. The molecule has 1 aromatic heterocycles. The van der Waals surface area contributed by atoms with Crippen molar-refractivity contribution in [2.24, 2.45) is 0 Å². The van der Waals surface area contributed by atoms with E-state index in [1.54, 1.807) is 12.4 Å². The molecule has 2 rings (SSSR count). The number of nitriles is 1. The Kier molecular flexibility index (Phi) is 4.39. The predicted octanol–water partition coefficient (Wildman–Crippen LogP) is 3.28. The van der Waals surface area contributed by atoms with E-state index in [1.165, 1.54) is 0 Å². The van der Waals surface area contributed by atoms with E-state index in [0.717, 1.165) is 22.9 Å². The van der Waals surface area contributed by atoms with Crippen molar-refractivity contribution >= 4 is 17.3 Å². The molecule has 108 valence electrons. The number of para-hydroxylation sites is 1. The van der Waals surface area contributed by atoms with Gasteiger partial charge in [0.15, 0.2) is 0 Å². The van der Waals surface area contributed by atoms with Crippen LogP contribution in [0.1, 0.15) is 30.9 Å². The van der Waals surface area contributed by atoms with Crippen LogP contribution in [0.25, 0.3) is 0 Å². The first kappa shape index (κ1) is 14.8. The second-order valence-electron chi connectivity index (χ2n) is 5.05. The molecule has 0 atom stereocenters. The van der Waals surface area contributed by atoms with Crippen molar-refractivity contribution in [3.63, 3.8) is 0 Å². The van der Waals surface area contributed by atoms with Gasteiger partial charge in [-0.15, -0.1) is 0 Å². The minimum atomic E-state index is 0.264. The van der Waals surface area contributed by atoms with E-state index in [0.29, 0.717) is 5.56 Å². The highest BCUT2D eigenvalue weighted by Gasteiger charge is 2.19. The van der Waals surface area contributed by atoms with Gasteiger partial charge in [-0.05, 0) is 18.1 Å². The Bertz CT molecular complexity index is 673.